The van der Waals surface area contributed by atoms with E-state index in [-0.39, 0.29) is 0 Å². The Kier molecular flexibility index (Phi) is 5.82. The molecule has 0 radical (unpaired) electrons. The molecular weight excluding hydrogens is 240 g/mol. The molecule has 0 aliphatic carbocycles. The topological polar surface area (TPSA) is 42.3 Å². The highest BCUT2D eigenvalue weighted by molar-refractivity contribution is 4.98. The number of imidazole rings is 1. The molecule has 108 valence electrons. The second-order valence-electron chi connectivity index (χ2n) is 5.25. The van der Waals surface area contributed by atoms with Crippen molar-refractivity contribution in [1.29, 1.82) is 0 Å². The molecule has 1 N–H and O–H groups in total. The van der Waals surface area contributed by atoms with Gasteiger partial charge in [0.1, 0.15) is 0 Å². The number of hydrogen-bond acceptors (Lipinski definition) is 4. The summed E-state index contributed by atoms with van der Waals surface area (Å²) in [6, 6.07) is 0. The molecule has 0 aromatic carbocycles. The van der Waals surface area contributed by atoms with Gasteiger partial charge in [-0.1, -0.05) is 6.92 Å². The number of likely N-dealkylation sites (tertiary alicyclic amines) is 1. The Balaban J connectivity index is 1.79. The lowest BCUT2D eigenvalue weighted by Gasteiger charge is -2.15. The molecule has 5 heteroatoms. The Labute approximate surface area is 116 Å². The van der Waals surface area contributed by atoms with Gasteiger partial charge in [0, 0.05) is 39.5 Å². The minimum Gasteiger partial charge on any atom is -0.383 e. The number of rotatable bonds is 8. The molecule has 1 aliphatic heterocycles. The molecule has 0 saturated carbocycles. The van der Waals surface area contributed by atoms with Crippen LogP contribution in [0.25, 0.3) is 0 Å². The van der Waals surface area contributed by atoms with E-state index in [4.69, 9.17) is 4.74 Å². The van der Waals surface area contributed by atoms with E-state index >= 15 is 0 Å². The fourth-order valence-electron chi connectivity index (χ4n) is 2.68. The Morgan fingerprint density at radius 3 is 3.16 bits per heavy atom. The van der Waals surface area contributed by atoms with Crippen molar-refractivity contribution in [2.75, 3.05) is 39.9 Å². The highest BCUT2D eigenvalue weighted by atomic mass is 16.5. The van der Waals surface area contributed by atoms with Crippen LogP contribution in [-0.2, 0) is 17.8 Å². The van der Waals surface area contributed by atoms with Gasteiger partial charge in [0.05, 0.1) is 18.6 Å². The van der Waals surface area contributed by atoms with Gasteiger partial charge in [-0.3, -0.25) is 0 Å². The first-order chi connectivity index (χ1) is 9.33. The van der Waals surface area contributed by atoms with E-state index in [2.05, 4.69) is 26.7 Å². The maximum Gasteiger partial charge on any atom is 0.0948 e. The summed E-state index contributed by atoms with van der Waals surface area (Å²) in [4.78, 5) is 6.81. The molecule has 1 aliphatic rings. The van der Waals surface area contributed by atoms with Crippen LogP contribution in [0.15, 0.2) is 12.5 Å². The van der Waals surface area contributed by atoms with Crippen LogP contribution in [0.3, 0.4) is 0 Å². The smallest absolute Gasteiger partial charge is 0.0948 e. The molecule has 0 spiro atoms. The predicted octanol–water partition coefficient (Wildman–Crippen LogP) is 0.961. The average Bonchev–Trinajstić information content (AvgIpc) is 3.05. The van der Waals surface area contributed by atoms with Crippen molar-refractivity contribution in [2.45, 2.75) is 26.4 Å². The second-order valence-corrected chi connectivity index (χ2v) is 5.25. The van der Waals surface area contributed by atoms with E-state index in [0.717, 1.165) is 32.2 Å². The SMILES string of the molecule is CCN1CCC(Cn2cncc2CNCCOC)C1. The number of aromatic nitrogens is 2. The van der Waals surface area contributed by atoms with Gasteiger partial charge in [-0.05, 0) is 25.4 Å². The molecule has 1 fully saturated rings. The number of nitrogens with zero attached hydrogens (tertiary/aromatic N) is 3. The lowest BCUT2D eigenvalue weighted by molar-refractivity contribution is 0.199. The highest BCUT2D eigenvalue weighted by Gasteiger charge is 2.21. The van der Waals surface area contributed by atoms with Crippen LogP contribution in [0, 0.1) is 5.92 Å². The average molecular weight is 266 g/mol. The predicted molar refractivity (Wildman–Crippen MR) is 76.0 cm³/mol. The van der Waals surface area contributed by atoms with Crippen molar-refractivity contribution in [2.24, 2.45) is 5.92 Å². The van der Waals surface area contributed by atoms with Crippen molar-refractivity contribution >= 4 is 0 Å². The zero-order valence-corrected chi connectivity index (χ0v) is 12.1. The van der Waals surface area contributed by atoms with Crippen molar-refractivity contribution in [1.82, 2.24) is 19.8 Å². The highest BCUT2D eigenvalue weighted by Crippen LogP contribution is 2.18. The molecule has 19 heavy (non-hydrogen) atoms. The molecule has 5 nitrogen and oxygen atoms in total. The van der Waals surface area contributed by atoms with Gasteiger partial charge in [-0.2, -0.15) is 0 Å². The monoisotopic (exact) mass is 266 g/mol. The third kappa shape index (κ3) is 4.30. The largest absolute Gasteiger partial charge is 0.383 e. The summed E-state index contributed by atoms with van der Waals surface area (Å²) in [5.74, 6) is 0.770. The normalized spacial score (nSPS) is 20.2. The quantitative estimate of drug-likeness (QED) is 0.712. The molecule has 1 saturated heterocycles. The minimum atomic E-state index is 0.752. The van der Waals surface area contributed by atoms with Crippen molar-refractivity contribution in [3.63, 3.8) is 0 Å². The third-order valence-electron chi connectivity index (χ3n) is 3.86. The van der Waals surface area contributed by atoms with E-state index in [1.54, 1.807) is 7.11 Å². The minimum absolute atomic E-state index is 0.752. The van der Waals surface area contributed by atoms with Crippen LogP contribution in [-0.4, -0.2) is 54.3 Å². The van der Waals surface area contributed by atoms with Crippen molar-refractivity contribution < 1.29 is 4.74 Å². The van der Waals surface area contributed by atoms with Gasteiger partial charge in [0.2, 0.25) is 0 Å². The summed E-state index contributed by atoms with van der Waals surface area (Å²) in [6.45, 7) is 9.49. The summed E-state index contributed by atoms with van der Waals surface area (Å²) in [5.41, 5.74) is 1.27. The Bertz CT molecular complexity index is 366. The first-order valence-corrected chi connectivity index (χ1v) is 7.24. The summed E-state index contributed by atoms with van der Waals surface area (Å²) < 4.78 is 7.33. The fourth-order valence-corrected chi connectivity index (χ4v) is 2.68. The van der Waals surface area contributed by atoms with E-state index in [0.29, 0.717) is 0 Å². The van der Waals surface area contributed by atoms with E-state index in [1.165, 1.54) is 31.7 Å². The number of nitrogens with one attached hydrogen (secondary N) is 1. The lowest BCUT2D eigenvalue weighted by atomic mass is 10.1. The van der Waals surface area contributed by atoms with Crippen molar-refractivity contribution in [3.05, 3.63) is 18.2 Å². The van der Waals surface area contributed by atoms with Gasteiger partial charge in [-0.25, -0.2) is 4.98 Å². The molecule has 0 amide bonds. The van der Waals surface area contributed by atoms with Gasteiger partial charge in [0.15, 0.2) is 0 Å². The molecule has 1 aromatic heterocycles. The van der Waals surface area contributed by atoms with E-state index < -0.39 is 0 Å². The molecular formula is C14H26N4O. The summed E-state index contributed by atoms with van der Waals surface area (Å²) in [6.07, 6.45) is 5.23. The van der Waals surface area contributed by atoms with Gasteiger partial charge >= 0.3 is 0 Å². The Morgan fingerprint density at radius 2 is 2.42 bits per heavy atom. The third-order valence-corrected chi connectivity index (χ3v) is 3.86. The summed E-state index contributed by atoms with van der Waals surface area (Å²) in [5, 5.41) is 3.38. The van der Waals surface area contributed by atoms with Gasteiger partial charge in [-0.15, -0.1) is 0 Å². The fraction of sp³-hybridized carbons (Fsp3) is 0.786. The molecule has 1 atom stereocenters. The summed E-state index contributed by atoms with van der Waals surface area (Å²) >= 11 is 0. The molecule has 1 aromatic rings. The van der Waals surface area contributed by atoms with Gasteiger partial charge in [0.25, 0.3) is 0 Å². The maximum atomic E-state index is 5.03. The van der Waals surface area contributed by atoms with Crippen LogP contribution in [0.1, 0.15) is 19.0 Å². The first kappa shape index (κ1) is 14.5. The van der Waals surface area contributed by atoms with Crippen molar-refractivity contribution in [3.8, 4) is 0 Å². The zero-order valence-electron chi connectivity index (χ0n) is 12.1. The Morgan fingerprint density at radius 1 is 1.53 bits per heavy atom. The second kappa shape index (κ2) is 7.62. The van der Waals surface area contributed by atoms with Crippen LogP contribution >= 0.6 is 0 Å². The molecule has 2 rings (SSSR count). The molecule has 2 heterocycles. The number of ether oxygens (including phenoxy) is 1. The van der Waals surface area contributed by atoms with Crippen LogP contribution in [0.2, 0.25) is 0 Å². The standard InChI is InChI=1S/C14H26N4O/c1-3-17-6-4-13(10-17)11-18-12-16-9-14(18)8-15-5-7-19-2/h9,12-13,15H,3-8,10-11H2,1-2H3. The zero-order chi connectivity index (χ0) is 13.5. The first-order valence-electron chi connectivity index (χ1n) is 7.24. The van der Waals surface area contributed by atoms with Crippen LogP contribution < -0.4 is 5.32 Å². The lowest BCUT2D eigenvalue weighted by Crippen LogP contribution is -2.23. The Hall–Kier alpha value is -0.910. The summed E-state index contributed by atoms with van der Waals surface area (Å²) in [7, 11) is 1.73. The van der Waals surface area contributed by atoms with Crippen LogP contribution in [0.5, 0.6) is 0 Å². The maximum absolute atomic E-state index is 5.03. The van der Waals surface area contributed by atoms with E-state index in [9.17, 15) is 0 Å². The van der Waals surface area contributed by atoms with Crippen LogP contribution in [0.4, 0.5) is 0 Å². The molecule has 0 bridgehead atoms. The number of hydrogen-bond donors (Lipinski definition) is 1. The number of methoxy groups -OCH3 is 1. The van der Waals surface area contributed by atoms with E-state index in [1.807, 2.05) is 12.5 Å². The molecule has 1 unspecified atom stereocenters. The van der Waals surface area contributed by atoms with Gasteiger partial charge < -0.3 is 19.5 Å².